The molecule has 9 nitrogen and oxygen atoms in total. The third kappa shape index (κ3) is 3.99. The summed E-state index contributed by atoms with van der Waals surface area (Å²) in [5.41, 5.74) is 0.268. The fourth-order valence-electron chi connectivity index (χ4n) is 2.18. The summed E-state index contributed by atoms with van der Waals surface area (Å²) >= 11 is 0. The number of nitrogens with one attached hydrogen (secondary N) is 2. The second-order valence-electron chi connectivity index (χ2n) is 4.72. The van der Waals surface area contributed by atoms with Gasteiger partial charge in [-0.1, -0.05) is 0 Å². The fourth-order valence-corrected chi connectivity index (χ4v) is 2.18. The Balaban J connectivity index is 2.03. The lowest BCUT2D eigenvalue weighted by Gasteiger charge is -2.26. The van der Waals surface area contributed by atoms with Crippen LogP contribution in [0.4, 0.5) is 17.5 Å². The highest BCUT2D eigenvalue weighted by molar-refractivity contribution is 5.60. The van der Waals surface area contributed by atoms with Crippen LogP contribution in [0.2, 0.25) is 0 Å². The number of anilines is 2. The van der Waals surface area contributed by atoms with Crippen LogP contribution in [-0.2, 0) is 4.74 Å². The molecule has 0 saturated carbocycles. The number of morpholine rings is 1. The Morgan fingerprint density at radius 3 is 2.71 bits per heavy atom. The van der Waals surface area contributed by atoms with E-state index >= 15 is 0 Å². The van der Waals surface area contributed by atoms with Gasteiger partial charge in [0.05, 0.1) is 18.1 Å². The maximum absolute atomic E-state index is 11.1. The van der Waals surface area contributed by atoms with Crippen LogP contribution < -0.4 is 10.6 Å². The van der Waals surface area contributed by atoms with E-state index in [1.54, 1.807) is 14.0 Å². The minimum absolute atomic E-state index is 0.0732. The van der Waals surface area contributed by atoms with Crippen molar-refractivity contribution in [3.05, 3.63) is 15.8 Å². The molecule has 1 fully saturated rings. The molecule has 1 aliphatic heterocycles. The summed E-state index contributed by atoms with van der Waals surface area (Å²) in [4.78, 5) is 21.1. The van der Waals surface area contributed by atoms with Crippen LogP contribution >= 0.6 is 0 Å². The first kappa shape index (κ1) is 15.4. The highest BCUT2D eigenvalue weighted by Crippen LogP contribution is 2.26. The van der Waals surface area contributed by atoms with Crippen molar-refractivity contribution in [2.24, 2.45) is 0 Å². The summed E-state index contributed by atoms with van der Waals surface area (Å²) in [5.74, 6) is 0.622. The summed E-state index contributed by atoms with van der Waals surface area (Å²) in [6, 6.07) is 0. The standard InChI is InChI=1S/C12H20N6O3/c1-9-10(18(19)20)11(16-12(13-2)15-9)14-3-4-17-5-7-21-8-6-17/h3-8H2,1-2H3,(H2,13,14,15,16). The highest BCUT2D eigenvalue weighted by Gasteiger charge is 2.21. The van der Waals surface area contributed by atoms with Gasteiger partial charge in [0, 0.05) is 33.2 Å². The molecule has 0 bridgehead atoms. The van der Waals surface area contributed by atoms with Gasteiger partial charge in [0.2, 0.25) is 11.8 Å². The molecular formula is C12H20N6O3. The normalized spacial score (nSPS) is 15.7. The monoisotopic (exact) mass is 296 g/mol. The molecule has 9 heteroatoms. The van der Waals surface area contributed by atoms with Crippen LogP contribution in [0.5, 0.6) is 0 Å². The number of aromatic nitrogens is 2. The second kappa shape index (κ2) is 7.14. The Hall–Kier alpha value is -2.00. The maximum Gasteiger partial charge on any atom is 0.332 e. The van der Waals surface area contributed by atoms with Crippen molar-refractivity contribution < 1.29 is 9.66 Å². The van der Waals surface area contributed by atoms with Gasteiger partial charge in [0.1, 0.15) is 5.69 Å². The van der Waals surface area contributed by atoms with Crippen LogP contribution in [0.15, 0.2) is 0 Å². The number of aryl methyl sites for hydroxylation is 1. The summed E-state index contributed by atoms with van der Waals surface area (Å²) in [6.07, 6.45) is 0. The van der Waals surface area contributed by atoms with Crippen LogP contribution in [0.1, 0.15) is 5.69 Å². The average Bonchev–Trinajstić information content (AvgIpc) is 2.47. The third-order valence-electron chi connectivity index (χ3n) is 3.29. The van der Waals surface area contributed by atoms with E-state index in [-0.39, 0.29) is 11.5 Å². The van der Waals surface area contributed by atoms with E-state index in [9.17, 15) is 10.1 Å². The Kier molecular flexibility index (Phi) is 5.23. The first-order valence-corrected chi connectivity index (χ1v) is 6.86. The zero-order valence-corrected chi connectivity index (χ0v) is 12.3. The maximum atomic E-state index is 11.1. The lowest BCUT2D eigenvalue weighted by atomic mass is 10.3. The molecule has 0 unspecified atom stereocenters. The number of nitro groups is 1. The molecule has 1 aromatic heterocycles. The van der Waals surface area contributed by atoms with Gasteiger partial charge in [-0.05, 0) is 6.92 Å². The molecule has 0 radical (unpaired) electrons. The van der Waals surface area contributed by atoms with Crippen molar-refractivity contribution in [3.63, 3.8) is 0 Å². The SMILES string of the molecule is CNc1nc(C)c([N+](=O)[O-])c(NCCN2CCOCC2)n1. The molecule has 2 N–H and O–H groups in total. The molecular weight excluding hydrogens is 276 g/mol. The second-order valence-corrected chi connectivity index (χ2v) is 4.72. The van der Waals surface area contributed by atoms with Crippen molar-refractivity contribution in [2.75, 3.05) is 57.1 Å². The van der Waals surface area contributed by atoms with Crippen LogP contribution in [0, 0.1) is 17.0 Å². The van der Waals surface area contributed by atoms with E-state index in [1.807, 2.05) is 0 Å². The molecule has 1 aromatic rings. The third-order valence-corrected chi connectivity index (χ3v) is 3.29. The minimum Gasteiger partial charge on any atom is -0.379 e. The first-order valence-electron chi connectivity index (χ1n) is 6.86. The zero-order valence-electron chi connectivity index (χ0n) is 12.3. The molecule has 0 spiro atoms. The summed E-state index contributed by atoms with van der Waals surface area (Å²) < 4.78 is 5.28. The van der Waals surface area contributed by atoms with E-state index in [2.05, 4.69) is 25.5 Å². The predicted octanol–water partition coefficient (Wildman–Crippen LogP) is 0.479. The van der Waals surface area contributed by atoms with Crippen molar-refractivity contribution in [2.45, 2.75) is 6.92 Å². The van der Waals surface area contributed by atoms with Gasteiger partial charge in [-0.3, -0.25) is 15.0 Å². The molecule has 21 heavy (non-hydrogen) atoms. The Bertz CT molecular complexity index is 504. The van der Waals surface area contributed by atoms with Gasteiger partial charge in [-0.25, -0.2) is 4.98 Å². The van der Waals surface area contributed by atoms with E-state index < -0.39 is 4.92 Å². The van der Waals surface area contributed by atoms with E-state index in [1.165, 1.54) is 0 Å². The lowest BCUT2D eigenvalue weighted by Crippen LogP contribution is -2.39. The molecule has 2 heterocycles. The van der Waals surface area contributed by atoms with Crippen LogP contribution in [0.25, 0.3) is 0 Å². The minimum atomic E-state index is -0.453. The molecule has 0 atom stereocenters. The molecule has 0 aromatic carbocycles. The van der Waals surface area contributed by atoms with Gasteiger partial charge in [0.15, 0.2) is 0 Å². The quantitative estimate of drug-likeness (QED) is 0.577. The number of hydrogen-bond donors (Lipinski definition) is 2. The van der Waals surface area contributed by atoms with Crippen molar-refractivity contribution in [1.82, 2.24) is 14.9 Å². The van der Waals surface area contributed by atoms with Gasteiger partial charge in [-0.2, -0.15) is 4.98 Å². The topological polar surface area (TPSA) is 105 Å². The zero-order chi connectivity index (χ0) is 15.2. The highest BCUT2D eigenvalue weighted by atomic mass is 16.6. The largest absolute Gasteiger partial charge is 0.379 e. The summed E-state index contributed by atoms with van der Waals surface area (Å²) in [5, 5.41) is 17.0. The fraction of sp³-hybridized carbons (Fsp3) is 0.667. The van der Waals surface area contributed by atoms with Crippen LogP contribution in [0.3, 0.4) is 0 Å². The smallest absolute Gasteiger partial charge is 0.332 e. The number of rotatable bonds is 6. The lowest BCUT2D eigenvalue weighted by molar-refractivity contribution is -0.385. The van der Waals surface area contributed by atoms with E-state index in [0.29, 0.717) is 18.2 Å². The van der Waals surface area contributed by atoms with Crippen molar-refractivity contribution >= 4 is 17.5 Å². The molecule has 0 amide bonds. The van der Waals surface area contributed by atoms with Crippen LogP contribution in [-0.4, -0.2) is 66.2 Å². The summed E-state index contributed by atoms with van der Waals surface area (Å²) in [6.45, 7) is 6.21. The van der Waals surface area contributed by atoms with Gasteiger partial charge in [-0.15, -0.1) is 0 Å². The average molecular weight is 296 g/mol. The number of hydrogen-bond acceptors (Lipinski definition) is 8. The molecule has 0 aliphatic carbocycles. The number of ether oxygens (including phenoxy) is 1. The molecule has 2 rings (SSSR count). The molecule has 1 aliphatic rings. The number of nitrogens with zero attached hydrogens (tertiary/aromatic N) is 4. The Morgan fingerprint density at radius 1 is 1.38 bits per heavy atom. The van der Waals surface area contributed by atoms with Crippen molar-refractivity contribution in [1.29, 1.82) is 0 Å². The molecule has 116 valence electrons. The first-order chi connectivity index (χ1) is 10.1. The molecule has 1 saturated heterocycles. The van der Waals surface area contributed by atoms with Gasteiger partial charge in [0.25, 0.3) is 0 Å². The van der Waals surface area contributed by atoms with Crippen molar-refractivity contribution in [3.8, 4) is 0 Å². The van der Waals surface area contributed by atoms with Gasteiger partial charge >= 0.3 is 5.69 Å². The van der Waals surface area contributed by atoms with E-state index in [4.69, 9.17) is 4.74 Å². The summed E-state index contributed by atoms with van der Waals surface area (Å²) in [7, 11) is 1.68. The van der Waals surface area contributed by atoms with Gasteiger partial charge < -0.3 is 15.4 Å². The Morgan fingerprint density at radius 2 is 2.10 bits per heavy atom. The Labute approximate surface area is 122 Å². The van der Waals surface area contributed by atoms with E-state index in [0.717, 1.165) is 32.8 Å². The predicted molar refractivity (Wildman–Crippen MR) is 78.7 cm³/mol.